The summed E-state index contributed by atoms with van der Waals surface area (Å²) in [6.45, 7) is 2.08. The quantitative estimate of drug-likeness (QED) is 0.568. The second-order valence-corrected chi connectivity index (χ2v) is 7.24. The van der Waals surface area contributed by atoms with E-state index in [4.69, 9.17) is 27.9 Å². The van der Waals surface area contributed by atoms with Gasteiger partial charge in [-0.05, 0) is 73.3 Å². The first kappa shape index (κ1) is 22.9. The standard InChI is InChI=1S/C19H18Cl2F3NO2.ClH/c20-15-7-14(8-16(21)10-15)13-1-2-17(27-19(22,23)24)18(9-13)26-11-12-3-5-25-6-4-12;/h1-2,7-10,12,25H,3-6,11H2;1H. The Kier molecular flexibility index (Phi) is 8.13. The Morgan fingerprint density at radius 1 is 0.929 bits per heavy atom. The Morgan fingerprint density at radius 2 is 1.57 bits per heavy atom. The fraction of sp³-hybridized carbons (Fsp3) is 0.368. The van der Waals surface area contributed by atoms with E-state index in [2.05, 4.69) is 10.1 Å². The topological polar surface area (TPSA) is 30.5 Å². The zero-order valence-electron chi connectivity index (χ0n) is 14.7. The number of ether oxygens (including phenoxy) is 2. The lowest BCUT2D eigenvalue weighted by Gasteiger charge is -2.23. The van der Waals surface area contributed by atoms with Gasteiger partial charge in [0.15, 0.2) is 11.5 Å². The molecule has 0 saturated carbocycles. The molecule has 2 aromatic rings. The van der Waals surface area contributed by atoms with Crippen molar-refractivity contribution >= 4 is 35.6 Å². The maximum Gasteiger partial charge on any atom is 0.573 e. The molecule has 3 rings (SSSR count). The maximum atomic E-state index is 12.7. The van der Waals surface area contributed by atoms with Gasteiger partial charge >= 0.3 is 6.36 Å². The number of benzene rings is 2. The number of piperidine rings is 1. The molecule has 0 aliphatic carbocycles. The van der Waals surface area contributed by atoms with E-state index in [1.54, 1.807) is 18.2 Å². The lowest BCUT2D eigenvalue weighted by Crippen LogP contribution is -2.30. The van der Waals surface area contributed by atoms with Crippen molar-refractivity contribution in [1.29, 1.82) is 0 Å². The van der Waals surface area contributed by atoms with Gasteiger partial charge in [0.1, 0.15) is 0 Å². The van der Waals surface area contributed by atoms with Crippen LogP contribution in [0.25, 0.3) is 11.1 Å². The van der Waals surface area contributed by atoms with Gasteiger partial charge in [-0.2, -0.15) is 0 Å². The number of halogens is 6. The summed E-state index contributed by atoms with van der Waals surface area (Å²) in [6.07, 6.45) is -2.97. The van der Waals surface area contributed by atoms with Crippen LogP contribution >= 0.6 is 35.6 Å². The minimum Gasteiger partial charge on any atom is -0.489 e. The molecule has 154 valence electrons. The van der Waals surface area contributed by atoms with Gasteiger partial charge < -0.3 is 14.8 Å². The minimum absolute atomic E-state index is 0. The first-order chi connectivity index (χ1) is 12.8. The number of hydrogen-bond donors (Lipinski definition) is 1. The number of rotatable bonds is 5. The van der Waals surface area contributed by atoms with Gasteiger partial charge in [-0.1, -0.05) is 29.3 Å². The largest absolute Gasteiger partial charge is 0.573 e. The van der Waals surface area contributed by atoms with Crippen molar-refractivity contribution in [3.63, 3.8) is 0 Å². The van der Waals surface area contributed by atoms with Gasteiger partial charge in [0.2, 0.25) is 0 Å². The molecule has 0 aromatic heterocycles. The molecule has 0 radical (unpaired) electrons. The van der Waals surface area contributed by atoms with E-state index in [-0.39, 0.29) is 29.8 Å². The second kappa shape index (κ2) is 9.92. The van der Waals surface area contributed by atoms with Gasteiger partial charge in [0.25, 0.3) is 0 Å². The third-order valence-corrected chi connectivity index (χ3v) is 4.73. The van der Waals surface area contributed by atoms with E-state index in [0.29, 0.717) is 27.8 Å². The summed E-state index contributed by atoms with van der Waals surface area (Å²) < 4.78 is 48.0. The maximum absolute atomic E-state index is 12.7. The fourth-order valence-electron chi connectivity index (χ4n) is 2.99. The number of nitrogens with one attached hydrogen (secondary N) is 1. The lowest BCUT2D eigenvalue weighted by atomic mass is 9.99. The molecule has 1 heterocycles. The fourth-order valence-corrected chi connectivity index (χ4v) is 3.51. The summed E-state index contributed by atoms with van der Waals surface area (Å²) in [5.74, 6) is -0.0398. The molecule has 0 unspecified atom stereocenters. The molecule has 1 aliphatic heterocycles. The van der Waals surface area contributed by atoms with Crippen molar-refractivity contribution in [3.05, 3.63) is 46.4 Å². The van der Waals surface area contributed by atoms with E-state index in [0.717, 1.165) is 25.9 Å². The first-order valence-electron chi connectivity index (χ1n) is 8.50. The van der Waals surface area contributed by atoms with Crippen molar-refractivity contribution in [2.24, 2.45) is 5.92 Å². The summed E-state index contributed by atoms with van der Waals surface area (Å²) in [5.41, 5.74) is 1.31. The monoisotopic (exact) mass is 455 g/mol. The summed E-state index contributed by atoms with van der Waals surface area (Å²) >= 11 is 12.1. The molecule has 1 saturated heterocycles. The van der Waals surface area contributed by atoms with Crippen LogP contribution in [0.2, 0.25) is 10.0 Å². The van der Waals surface area contributed by atoms with Gasteiger partial charge in [0, 0.05) is 10.0 Å². The van der Waals surface area contributed by atoms with Crippen LogP contribution in [-0.2, 0) is 0 Å². The van der Waals surface area contributed by atoms with Crippen LogP contribution in [0.1, 0.15) is 12.8 Å². The van der Waals surface area contributed by atoms with Crippen molar-refractivity contribution in [1.82, 2.24) is 5.32 Å². The third kappa shape index (κ3) is 6.62. The van der Waals surface area contributed by atoms with Gasteiger partial charge in [-0.15, -0.1) is 25.6 Å². The molecular weight excluding hydrogens is 438 g/mol. The first-order valence-corrected chi connectivity index (χ1v) is 9.25. The Bertz CT molecular complexity index is 776. The molecule has 0 spiro atoms. The Hall–Kier alpha value is -1.34. The highest BCUT2D eigenvalue weighted by Gasteiger charge is 2.32. The molecule has 9 heteroatoms. The van der Waals surface area contributed by atoms with Crippen molar-refractivity contribution < 1.29 is 22.6 Å². The highest BCUT2D eigenvalue weighted by molar-refractivity contribution is 6.35. The molecule has 0 amide bonds. The molecule has 3 nitrogen and oxygen atoms in total. The van der Waals surface area contributed by atoms with Gasteiger partial charge in [-0.25, -0.2) is 0 Å². The summed E-state index contributed by atoms with van der Waals surface area (Å²) in [6, 6.07) is 9.23. The van der Waals surface area contributed by atoms with Crippen LogP contribution in [-0.4, -0.2) is 26.1 Å². The highest BCUT2D eigenvalue weighted by atomic mass is 35.5. The molecule has 0 bridgehead atoms. The Labute approximate surface area is 177 Å². The zero-order chi connectivity index (χ0) is 19.4. The van der Waals surface area contributed by atoms with Crippen LogP contribution in [0.5, 0.6) is 11.5 Å². The smallest absolute Gasteiger partial charge is 0.489 e. The van der Waals surface area contributed by atoms with Crippen molar-refractivity contribution in [3.8, 4) is 22.6 Å². The van der Waals surface area contributed by atoms with Crippen LogP contribution in [0.15, 0.2) is 36.4 Å². The number of hydrogen-bond acceptors (Lipinski definition) is 3. The van der Waals surface area contributed by atoms with Crippen LogP contribution in [0.4, 0.5) is 13.2 Å². The van der Waals surface area contributed by atoms with E-state index in [1.807, 2.05) is 0 Å². The normalized spacial score (nSPS) is 15.0. The average Bonchev–Trinajstić information content (AvgIpc) is 2.59. The SMILES string of the molecule is Cl.FC(F)(F)Oc1ccc(-c2cc(Cl)cc(Cl)c2)cc1OCC1CCNCC1. The lowest BCUT2D eigenvalue weighted by molar-refractivity contribution is -0.275. The average molecular weight is 457 g/mol. The Balaban J connectivity index is 0.00000280. The molecule has 1 N–H and O–H groups in total. The summed E-state index contributed by atoms with van der Waals surface area (Å²) in [4.78, 5) is 0. The highest BCUT2D eigenvalue weighted by Crippen LogP contribution is 2.37. The number of alkyl halides is 3. The van der Waals surface area contributed by atoms with Crippen LogP contribution < -0.4 is 14.8 Å². The molecule has 1 aliphatic rings. The molecule has 2 aromatic carbocycles. The second-order valence-electron chi connectivity index (χ2n) is 6.37. The van der Waals surface area contributed by atoms with Gasteiger partial charge in [-0.3, -0.25) is 0 Å². The predicted molar refractivity (Wildman–Crippen MR) is 107 cm³/mol. The zero-order valence-corrected chi connectivity index (χ0v) is 17.0. The third-order valence-electron chi connectivity index (χ3n) is 4.30. The predicted octanol–water partition coefficient (Wildman–Crippen LogP) is 6.36. The van der Waals surface area contributed by atoms with Crippen molar-refractivity contribution in [2.45, 2.75) is 19.2 Å². The van der Waals surface area contributed by atoms with Crippen LogP contribution in [0, 0.1) is 5.92 Å². The van der Waals surface area contributed by atoms with E-state index < -0.39 is 6.36 Å². The van der Waals surface area contributed by atoms with Gasteiger partial charge in [0.05, 0.1) is 6.61 Å². The molecule has 28 heavy (non-hydrogen) atoms. The van der Waals surface area contributed by atoms with Crippen molar-refractivity contribution in [2.75, 3.05) is 19.7 Å². The summed E-state index contributed by atoms with van der Waals surface area (Å²) in [5, 5.41) is 4.11. The molecular formula is C19H19Cl3F3NO2. The van der Waals surface area contributed by atoms with Crippen LogP contribution in [0.3, 0.4) is 0 Å². The van der Waals surface area contributed by atoms with E-state index in [1.165, 1.54) is 18.2 Å². The minimum atomic E-state index is -4.80. The summed E-state index contributed by atoms with van der Waals surface area (Å²) in [7, 11) is 0. The van der Waals surface area contributed by atoms with E-state index >= 15 is 0 Å². The van der Waals surface area contributed by atoms with E-state index in [9.17, 15) is 13.2 Å². The molecule has 0 atom stereocenters. The molecule has 1 fully saturated rings. The Morgan fingerprint density at radius 3 is 2.18 bits per heavy atom.